The molecule has 0 spiro atoms. The molecule has 0 atom stereocenters. The van der Waals surface area contributed by atoms with Crippen molar-refractivity contribution in [3.8, 4) is 51.0 Å². The van der Waals surface area contributed by atoms with Gasteiger partial charge in [-0.1, -0.05) is 38.5 Å². The summed E-state index contributed by atoms with van der Waals surface area (Å²) in [6.07, 6.45) is 7.34. The lowest BCUT2D eigenvalue weighted by atomic mass is 9.97. The molecule has 10 heteroatoms. The van der Waals surface area contributed by atoms with Gasteiger partial charge < -0.3 is 23.7 Å². The second-order valence-electron chi connectivity index (χ2n) is 8.79. The Balaban J connectivity index is 0.00000124. The largest absolute Gasteiger partial charge is 0.497 e. The van der Waals surface area contributed by atoms with Crippen LogP contribution in [0.5, 0.6) is 28.7 Å². The van der Waals surface area contributed by atoms with Crippen LogP contribution in [0.1, 0.15) is 13.8 Å². The van der Waals surface area contributed by atoms with Gasteiger partial charge in [0.1, 0.15) is 41.3 Å². The molecule has 0 fully saturated rings. The van der Waals surface area contributed by atoms with Crippen LogP contribution in [0.15, 0.2) is 117 Å². The van der Waals surface area contributed by atoms with Crippen LogP contribution in [0, 0.1) is 0 Å². The highest BCUT2D eigenvalue weighted by molar-refractivity contribution is 5.92. The highest BCUT2D eigenvalue weighted by Crippen LogP contribution is 2.42. The van der Waals surface area contributed by atoms with Crippen LogP contribution in [0.2, 0.25) is 0 Å². The minimum Gasteiger partial charge on any atom is -0.497 e. The average Bonchev–Trinajstić information content (AvgIpc) is 3.11. The summed E-state index contributed by atoms with van der Waals surface area (Å²) in [5, 5.41) is 0. The van der Waals surface area contributed by atoms with E-state index in [0.717, 1.165) is 12.2 Å². The molecule has 3 aromatic carbocycles. The van der Waals surface area contributed by atoms with Gasteiger partial charge >= 0.3 is 17.9 Å². The maximum Gasteiger partial charge on any atom is 0.338 e. The first kappa shape index (κ1) is 38.7. The van der Waals surface area contributed by atoms with Gasteiger partial charge in [0, 0.05) is 46.5 Å². The minimum absolute atomic E-state index is 0.103. The molecule has 0 bridgehead atoms. The van der Waals surface area contributed by atoms with E-state index >= 15 is 0 Å². The predicted octanol–water partition coefficient (Wildman–Crippen LogP) is 6.83. The lowest BCUT2D eigenvalue weighted by Gasteiger charge is -2.17. The van der Waals surface area contributed by atoms with Crippen molar-refractivity contribution in [1.29, 1.82) is 0 Å². The van der Waals surface area contributed by atoms with Crippen molar-refractivity contribution in [2.24, 2.45) is 0 Å². The first-order valence-electron chi connectivity index (χ1n) is 13.7. The molecule has 244 valence electrons. The number of hydrogen-bond acceptors (Lipinski definition) is 10. The summed E-state index contributed by atoms with van der Waals surface area (Å²) < 4.78 is 27.3. The Morgan fingerprint density at radius 1 is 0.617 bits per heavy atom. The number of carbonyl (C=O) groups excluding carboxylic acids is 5. The Kier molecular flexibility index (Phi) is 17.0. The van der Waals surface area contributed by atoms with E-state index in [0.29, 0.717) is 51.9 Å². The van der Waals surface area contributed by atoms with Gasteiger partial charge in [-0.25, -0.2) is 14.4 Å². The highest BCUT2D eigenvalue weighted by Gasteiger charge is 2.19. The highest BCUT2D eigenvalue weighted by atomic mass is 16.5. The summed E-state index contributed by atoms with van der Waals surface area (Å²) in [4.78, 5) is 54.6. The third-order valence-electron chi connectivity index (χ3n) is 5.86. The molecule has 3 rings (SSSR count). The second-order valence-corrected chi connectivity index (χ2v) is 8.79. The predicted molar refractivity (Wildman–Crippen MR) is 180 cm³/mol. The van der Waals surface area contributed by atoms with Crippen LogP contribution in [0.25, 0.3) is 22.3 Å². The van der Waals surface area contributed by atoms with Gasteiger partial charge in [0.2, 0.25) is 0 Å². The fourth-order valence-corrected chi connectivity index (χ4v) is 3.51. The quantitative estimate of drug-likeness (QED) is 0.0898. The Morgan fingerprint density at radius 2 is 1.11 bits per heavy atom. The van der Waals surface area contributed by atoms with E-state index in [-0.39, 0.29) is 17.2 Å². The SMILES string of the molecule is C=CC(=O)Oc1ccc(-c2ccc(-c3ccc(OC)cc3OC)c(OC(=O)/C(C)=C\C)c2)c(OC(=O)C=C)c1.C=CC=O.C=CC=O. The molecule has 0 radical (unpaired) electrons. The zero-order valence-corrected chi connectivity index (χ0v) is 26.6. The summed E-state index contributed by atoms with van der Waals surface area (Å²) in [7, 11) is 3.08. The van der Waals surface area contributed by atoms with Crippen molar-refractivity contribution >= 4 is 30.5 Å². The first-order chi connectivity index (χ1) is 22.6. The van der Waals surface area contributed by atoms with Gasteiger partial charge in [-0.3, -0.25) is 9.59 Å². The van der Waals surface area contributed by atoms with Crippen molar-refractivity contribution in [2.45, 2.75) is 13.8 Å². The monoisotopic (exact) mass is 640 g/mol. The topological polar surface area (TPSA) is 132 Å². The number of hydrogen-bond donors (Lipinski definition) is 0. The van der Waals surface area contributed by atoms with Gasteiger partial charge in [0.05, 0.1) is 14.2 Å². The smallest absolute Gasteiger partial charge is 0.338 e. The van der Waals surface area contributed by atoms with Gasteiger partial charge in [-0.15, -0.1) is 0 Å². The molecular formula is C37H36O10. The number of benzene rings is 3. The van der Waals surface area contributed by atoms with E-state index in [9.17, 15) is 14.4 Å². The van der Waals surface area contributed by atoms with Crippen LogP contribution in [-0.4, -0.2) is 44.7 Å². The third-order valence-corrected chi connectivity index (χ3v) is 5.86. The van der Waals surface area contributed by atoms with E-state index in [4.69, 9.17) is 33.3 Å². The van der Waals surface area contributed by atoms with E-state index in [1.165, 1.54) is 31.4 Å². The molecule has 3 aromatic rings. The number of carbonyl (C=O) groups is 5. The zero-order valence-electron chi connectivity index (χ0n) is 26.6. The Hall–Kier alpha value is -6.29. The van der Waals surface area contributed by atoms with E-state index < -0.39 is 17.9 Å². The minimum atomic E-state index is -0.710. The van der Waals surface area contributed by atoms with E-state index in [1.807, 2.05) is 0 Å². The molecular weight excluding hydrogens is 604 g/mol. The maximum atomic E-state index is 12.8. The lowest BCUT2D eigenvalue weighted by Crippen LogP contribution is -2.10. The average molecular weight is 641 g/mol. The normalized spacial score (nSPS) is 9.74. The molecule has 0 unspecified atom stereocenters. The number of aldehydes is 2. The van der Waals surface area contributed by atoms with E-state index in [1.54, 1.807) is 69.5 Å². The second kappa shape index (κ2) is 20.6. The van der Waals surface area contributed by atoms with Gasteiger partial charge in [0.25, 0.3) is 0 Å². The Labute approximate surface area is 273 Å². The first-order valence-corrected chi connectivity index (χ1v) is 13.7. The van der Waals surface area contributed by atoms with Crippen LogP contribution in [0.4, 0.5) is 0 Å². The van der Waals surface area contributed by atoms with Gasteiger partial charge in [-0.05, 0) is 68.0 Å². The fourth-order valence-electron chi connectivity index (χ4n) is 3.51. The van der Waals surface area contributed by atoms with Crippen molar-refractivity contribution in [2.75, 3.05) is 14.2 Å². The molecule has 47 heavy (non-hydrogen) atoms. The van der Waals surface area contributed by atoms with Crippen LogP contribution >= 0.6 is 0 Å². The van der Waals surface area contributed by atoms with Crippen molar-refractivity contribution < 1.29 is 47.7 Å². The number of allylic oxidation sites excluding steroid dienone is 3. The zero-order chi connectivity index (χ0) is 35.4. The summed E-state index contributed by atoms with van der Waals surface area (Å²) >= 11 is 0. The summed E-state index contributed by atoms with van der Waals surface area (Å²) in [5.74, 6) is -0.318. The van der Waals surface area contributed by atoms with Crippen LogP contribution in [-0.2, 0) is 24.0 Å². The number of ether oxygens (including phenoxy) is 5. The number of methoxy groups -OCH3 is 2. The number of rotatable bonds is 12. The Bertz CT molecular complexity index is 1640. The summed E-state index contributed by atoms with van der Waals surface area (Å²) in [6.45, 7) is 16.4. The van der Waals surface area contributed by atoms with Crippen molar-refractivity contribution in [3.05, 3.63) is 117 Å². The lowest BCUT2D eigenvalue weighted by molar-refractivity contribution is -0.130. The van der Waals surface area contributed by atoms with Crippen LogP contribution in [0.3, 0.4) is 0 Å². The van der Waals surface area contributed by atoms with E-state index in [2.05, 4.69) is 26.3 Å². The van der Waals surface area contributed by atoms with Gasteiger partial charge in [-0.2, -0.15) is 0 Å². The fraction of sp³-hybridized carbons (Fsp3) is 0.108. The molecule has 0 aliphatic carbocycles. The van der Waals surface area contributed by atoms with Crippen molar-refractivity contribution in [3.63, 3.8) is 0 Å². The molecule has 0 saturated heterocycles. The third kappa shape index (κ3) is 12.0. The molecule has 0 aliphatic rings. The number of esters is 3. The molecule has 0 heterocycles. The Morgan fingerprint density at radius 3 is 1.64 bits per heavy atom. The molecule has 0 aliphatic heterocycles. The molecule has 0 aromatic heterocycles. The standard InChI is InChI=1S/C31H28O8.2C3H4O/c1-7-19(4)31(34)39-27-16-20(10-13-25(27)24-15-11-21(35-5)17-26(24)36-6)23-14-12-22(37-29(32)8-2)18-28(23)38-30(33)9-3;2*1-2-3-4/h7-18H,2-3H2,1,4-6H3;2*2-3H,1H2/b19-7-;;. The van der Waals surface area contributed by atoms with Crippen LogP contribution < -0.4 is 23.7 Å². The molecule has 0 saturated carbocycles. The van der Waals surface area contributed by atoms with Gasteiger partial charge in [0.15, 0.2) is 0 Å². The molecule has 10 nitrogen and oxygen atoms in total. The maximum absolute atomic E-state index is 12.8. The molecule has 0 N–H and O–H groups in total. The molecule has 0 amide bonds. The summed E-state index contributed by atoms with van der Waals surface area (Å²) in [6, 6.07) is 15.0. The van der Waals surface area contributed by atoms with Crippen molar-refractivity contribution in [1.82, 2.24) is 0 Å². The summed E-state index contributed by atoms with van der Waals surface area (Å²) in [5.41, 5.74) is 2.69.